The second-order valence-corrected chi connectivity index (χ2v) is 3.88. The van der Waals surface area contributed by atoms with Crippen molar-refractivity contribution in [3.63, 3.8) is 0 Å². The molecule has 0 heterocycles. The Bertz CT molecular complexity index is 439. The standard InChI is InChI=1S/C10H5ClF6O2/c11-8(9(12,13)14,10(15,16)17)19-7(18)6-4-2-1-3-5-6/h1-5H. The lowest BCUT2D eigenvalue weighted by Gasteiger charge is -2.30. The van der Waals surface area contributed by atoms with Crippen LogP contribution < -0.4 is 0 Å². The molecule has 1 rings (SSSR count). The zero-order valence-corrected chi connectivity index (χ0v) is 9.60. The summed E-state index contributed by atoms with van der Waals surface area (Å²) in [6.07, 6.45) is -12.0. The van der Waals surface area contributed by atoms with Gasteiger partial charge in [0.05, 0.1) is 5.56 Å². The molecule has 1 aromatic carbocycles. The van der Waals surface area contributed by atoms with Gasteiger partial charge < -0.3 is 4.74 Å². The highest BCUT2D eigenvalue weighted by Gasteiger charge is 2.74. The van der Waals surface area contributed by atoms with Crippen LogP contribution in [0.4, 0.5) is 26.3 Å². The summed E-state index contributed by atoms with van der Waals surface area (Å²) in [5.41, 5.74) is -0.485. The first-order valence-corrected chi connectivity index (χ1v) is 4.97. The largest absolute Gasteiger partial charge is 0.453 e. The van der Waals surface area contributed by atoms with Crippen LogP contribution in [-0.2, 0) is 4.74 Å². The number of esters is 1. The van der Waals surface area contributed by atoms with E-state index in [2.05, 4.69) is 16.3 Å². The molecule has 1 aromatic rings. The van der Waals surface area contributed by atoms with Gasteiger partial charge in [0, 0.05) is 0 Å². The first-order valence-electron chi connectivity index (χ1n) is 4.60. The van der Waals surface area contributed by atoms with Gasteiger partial charge in [-0.1, -0.05) is 29.8 Å². The molecular formula is C10H5ClF6O2. The van der Waals surface area contributed by atoms with Gasteiger partial charge >= 0.3 is 23.4 Å². The molecule has 0 saturated heterocycles. The maximum Gasteiger partial charge on any atom is 0.453 e. The van der Waals surface area contributed by atoms with Crippen LogP contribution in [0.25, 0.3) is 0 Å². The molecule has 0 aliphatic rings. The monoisotopic (exact) mass is 306 g/mol. The Labute approximate surface area is 107 Å². The first-order chi connectivity index (χ1) is 8.49. The molecule has 0 unspecified atom stereocenters. The third-order valence-corrected chi connectivity index (χ3v) is 2.48. The molecule has 2 nitrogen and oxygen atoms in total. The van der Waals surface area contributed by atoms with Gasteiger partial charge in [-0.25, -0.2) is 4.79 Å². The lowest BCUT2D eigenvalue weighted by molar-refractivity contribution is -0.329. The molecule has 0 aliphatic carbocycles. The molecule has 0 aromatic heterocycles. The maximum atomic E-state index is 12.3. The fourth-order valence-electron chi connectivity index (χ4n) is 1.04. The molecule has 0 fully saturated rings. The third-order valence-electron chi connectivity index (χ3n) is 1.97. The number of ether oxygens (including phenoxy) is 1. The van der Waals surface area contributed by atoms with Crippen molar-refractivity contribution in [2.75, 3.05) is 0 Å². The second-order valence-electron chi connectivity index (χ2n) is 3.35. The molecule has 0 N–H and O–H groups in total. The van der Waals surface area contributed by atoms with Gasteiger partial charge in [0.25, 0.3) is 0 Å². The molecular weight excluding hydrogens is 302 g/mol. The number of benzene rings is 1. The van der Waals surface area contributed by atoms with E-state index >= 15 is 0 Å². The average molecular weight is 307 g/mol. The molecule has 0 amide bonds. The molecule has 0 atom stereocenters. The quantitative estimate of drug-likeness (QED) is 0.470. The summed E-state index contributed by atoms with van der Waals surface area (Å²) in [4.78, 5) is 11.2. The predicted molar refractivity (Wildman–Crippen MR) is 52.6 cm³/mol. The summed E-state index contributed by atoms with van der Waals surface area (Å²) in [7, 11) is 0. The van der Waals surface area contributed by atoms with Crippen molar-refractivity contribution in [2.45, 2.75) is 17.4 Å². The van der Waals surface area contributed by atoms with Crippen LogP contribution in [0.15, 0.2) is 30.3 Å². The normalized spacial score (nSPS) is 13.2. The molecule has 0 saturated carbocycles. The van der Waals surface area contributed by atoms with E-state index in [-0.39, 0.29) is 0 Å². The smallest absolute Gasteiger partial charge is 0.421 e. The molecule has 0 radical (unpaired) electrons. The van der Waals surface area contributed by atoms with Gasteiger partial charge in [-0.2, -0.15) is 26.3 Å². The minimum absolute atomic E-state index is 0.485. The van der Waals surface area contributed by atoms with E-state index in [4.69, 9.17) is 0 Å². The van der Waals surface area contributed by atoms with Gasteiger partial charge in [0.1, 0.15) is 0 Å². The number of alkyl halides is 7. The van der Waals surface area contributed by atoms with Crippen molar-refractivity contribution in [1.82, 2.24) is 0 Å². The van der Waals surface area contributed by atoms with E-state index < -0.39 is 28.9 Å². The van der Waals surface area contributed by atoms with Crippen LogP contribution >= 0.6 is 11.6 Å². The SMILES string of the molecule is O=C(OC(Cl)(C(F)(F)F)C(F)(F)F)c1ccccc1. The summed E-state index contributed by atoms with van der Waals surface area (Å²) in [6.45, 7) is 0. The Morgan fingerprint density at radius 1 is 0.947 bits per heavy atom. The van der Waals surface area contributed by atoms with E-state index in [9.17, 15) is 31.1 Å². The highest BCUT2D eigenvalue weighted by atomic mass is 35.5. The second kappa shape index (κ2) is 4.92. The van der Waals surface area contributed by atoms with Crippen LogP contribution in [0.1, 0.15) is 10.4 Å². The minimum atomic E-state index is -6.00. The number of hydrogen-bond donors (Lipinski definition) is 0. The van der Waals surface area contributed by atoms with E-state index in [1.807, 2.05) is 0 Å². The van der Waals surface area contributed by atoms with Crippen molar-refractivity contribution in [3.8, 4) is 0 Å². The number of carbonyl (C=O) groups is 1. The summed E-state index contributed by atoms with van der Waals surface area (Å²) < 4.78 is 77.5. The fourth-order valence-corrected chi connectivity index (χ4v) is 1.11. The van der Waals surface area contributed by atoms with Crippen molar-refractivity contribution >= 4 is 17.6 Å². The molecule has 106 valence electrons. The summed E-state index contributed by atoms with van der Waals surface area (Å²) in [5, 5.41) is -5.08. The van der Waals surface area contributed by atoms with Crippen molar-refractivity contribution < 1.29 is 35.9 Å². The van der Waals surface area contributed by atoms with Crippen molar-refractivity contribution in [2.24, 2.45) is 0 Å². The van der Waals surface area contributed by atoms with Crippen LogP contribution in [0, 0.1) is 0 Å². The number of halogens is 7. The van der Waals surface area contributed by atoms with E-state index in [0.29, 0.717) is 0 Å². The molecule has 0 spiro atoms. The minimum Gasteiger partial charge on any atom is -0.421 e. The molecule has 0 aliphatic heterocycles. The van der Waals surface area contributed by atoms with Crippen LogP contribution in [-0.4, -0.2) is 23.4 Å². The highest BCUT2D eigenvalue weighted by molar-refractivity contribution is 6.25. The molecule has 19 heavy (non-hydrogen) atoms. The lowest BCUT2D eigenvalue weighted by atomic mass is 10.2. The third kappa shape index (κ3) is 3.12. The zero-order valence-electron chi connectivity index (χ0n) is 8.85. The fraction of sp³-hybridized carbons (Fsp3) is 0.300. The number of carbonyl (C=O) groups excluding carboxylic acids is 1. The van der Waals surface area contributed by atoms with E-state index in [1.54, 1.807) is 0 Å². The number of rotatable bonds is 2. The van der Waals surface area contributed by atoms with Crippen molar-refractivity contribution in [1.29, 1.82) is 0 Å². The first kappa shape index (κ1) is 15.6. The average Bonchev–Trinajstić information content (AvgIpc) is 2.27. The van der Waals surface area contributed by atoms with Crippen LogP contribution in [0.2, 0.25) is 0 Å². The summed E-state index contributed by atoms with van der Waals surface area (Å²) >= 11 is 4.44. The van der Waals surface area contributed by atoms with Gasteiger partial charge in [-0.05, 0) is 12.1 Å². The summed E-state index contributed by atoms with van der Waals surface area (Å²) in [5.74, 6) is -1.83. The molecule has 0 bridgehead atoms. The Hall–Kier alpha value is -1.44. The topological polar surface area (TPSA) is 26.3 Å². The summed E-state index contributed by atoms with van der Waals surface area (Å²) in [6, 6.07) is 5.89. The maximum absolute atomic E-state index is 12.3. The Kier molecular flexibility index (Phi) is 4.04. The van der Waals surface area contributed by atoms with E-state index in [0.717, 1.165) is 12.1 Å². The lowest BCUT2D eigenvalue weighted by Crippen LogP contribution is -2.55. The van der Waals surface area contributed by atoms with Crippen LogP contribution in [0.3, 0.4) is 0 Å². The highest BCUT2D eigenvalue weighted by Crippen LogP contribution is 2.49. The van der Waals surface area contributed by atoms with Gasteiger partial charge in [-0.15, -0.1) is 0 Å². The predicted octanol–water partition coefficient (Wildman–Crippen LogP) is 3.90. The Morgan fingerprint density at radius 2 is 1.37 bits per heavy atom. The van der Waals surface area contributed by atoms with E-state index in [1.165, 1.54) is 18.2 Å². The van der Waals surface area contributed by atoms with Crippen molar-refractivity contribution in [3.05, 3.63) is 35.9 Å². The Morgan fingerprint density at radius 3 is 1.74 bits per heavy atom. The van der Waals surface area contributed by atoms with Crippen LogP contribution in [0.5, 0.6) is 0 Å². The Balaban J connectivity index is 3.08. The van der Waals surface area contributed by atoms with Gasteiger partial charge in [0.15, 0.2) is 0 Å². The zero-order chi connectivity index (χ0) is 14.9. The van der Waals surface area contributed by atoms with Gasteiger partial charge in [0.2, 0.25) is 0 Å². The van der Waals surface area contributed by atoms with Gasteiger partial charge in [-0.3, -0.25) is 0 Å². The molecule has 9 heteroatoms. The number of hydrogen-bond acceptors (Lipinski definition) is 2.